The molecule has 3 rings (SSSR count). The molecule has 0 aromatic heterocycles. The van der Waals surface area contributed by atoms with Gasteiger partial charge < -0.3 is 9.47 Å². The van der Waals surface area contributed by atoms with E-state index >= 15 is 0 Å². The van der Waals surface area contributed by atoms with Crippen molar-refractivity contribution >= 4 is 70.4 Å². The first-order valence-electron chi connectivity index (χ1n) is 15.5. The number of halogens is 5. The Bertz CT molecular complexity index is 1390. The van der Waals surface area contributed by atoms with Crippen molar-refractivity contribution in [1.82, 2.24) is 0 Å². The quantitative estimate of drug-likeness (QED) is 0.0915. The lowest BCUT2D eigenvalue weighted by atomic mass is 9.73. The van der Waals surface area contributed by atoms with Crippen molar-refractivity contribution in [3.63, 3.8) is 0 Å². The molecule has 3 aromatic rings. The summed E-state index contributed by atoms with van der Waals surface area (Å²) in [6.07, 6.45) is 5.89. The molecular weight excluding hydrogens is 745 g/mol. The number of benzene rings is 3. The van der Waals surface area contributed by atoms with Gasteiger partial charge in [0.05, 0.1) is 22.8 Å². The van der Waals surface area contributed by atoms with E-state index in [-0.39, 0.29) is 42.8 Å². The van der Waals surface area contributed by atoms with Gasteiger partial charge >= 0.3 is 11.9 Å². The third-order valence-corrected chi connectivity index (χ3v) is 11.9. The van der Waals surface area contributed by atoms with E-state index in [9.17, 15) is 22.8 Å². The second-order valence-electron chi connectivity index (χ2n) is 11.5. The molecule has 0 aliphatic carbocycles. The summed E-state index contributed by atoms with van der Waals surface area (Å²) in [4.78, 5) is 24.4. The van der Waals surface area contributed by atoms with E-state index in [0.717, 1.165) is 16.9 Å². The van der Waals surface area contributed by atoms with E-state index in [1.807, 2.05) is 25.7 Å². The minimum Gasteiger partial charge on any atom is -0.465 e. The second-order valence-corrected chi connectivity index (χ2v) is 15.7. The number of thioether (sulfide) groups is 3. The van der Waals surface area contributed by atoms with Gasteiger partial charge in [0, 0.05) is 22.8 Å². The first-order valence-corrected chi connectivity index (χ1v) is 20.4. The Morgan fingerprint density at radius 3 is 1.36 bits per heavy atom. The van der Waals surface area contributed by atoms with Crippen molar-refractivity contribution in [2.24, 2.45) is 5.92 Å². The van der Waals surface area contributed by atoms with Crippen molar-refractivity contribution in [1.29, 1.82) is 0 Å². The van der Waals surface area contributed by atoms with Crippen molar-refractivity contribution < 1.29 is 32.2 Å². The summed E-state index contributed by atoms with van der Waals surface area (Å²) < 4.78 is 48.5. The van der Waals surface area contributed by atoms with Gasteiger partial charge in [-0.25, -0.2) is 13.2 Å². The summed E-state index contributed by atoms with van der Waals surface area (Å²) >= 11 is 17.0. The topological polar surface area (TPSA) is 52.6 Å². The molecule has 50 heavy (non-hydrogen) atoms. The minimum absolute atomic E-state index is 0. The molecule has 0 heterocycles. The van der Waals surface area contributed by atoms with Crippen LogP contribution in [0.15, 0.2) is 72.8 Å². The lowest BCUT2D eigenvalue weighted by Crippen LogP contribution is -2.46. The summed E-state index contributed by atoms with van der Waals surface area (Å²) in [5.74, 6) is -1.30. The van der Waals surface area contributed by atoms with E-state index in [1.165, 1.54) is 48.2 Å². The number of ether oxygens (including phenoxy) is 2. The number of esters is 2. The van der Waals surface area contributed by atoms with Crippen LogP contribution < -0.4 is 0 Å². The van der Waals surface area contributed by atoms with Crippen LogP contribution in [0.3, 0.4) is 0 Å². The molecule has 0 saturated carbocycles. The smallest absolute Gasteiger partial charge is 0.321 e. The summed E-state index contributed by atoms with van der Waals surface area (Å²) in [6, 6.07) is 18.7. The standard InChI is InChI=1S/C17H23FO4S.2C10H12ClFS.CH4/c1-5-21-15(19)14(16(20)22-6-2)17(3,11-23-4)12-7-9-13(18)10-8-12;1-10(11,7-13-2)8-3-5-9(12)6-4-8;1-10(7-11,13-2)8-3-5-9(12)6-4-8;/h7-10,14H,5-6,11H2,1-4H3;2*3-6H,7H2,1-2H3;1H4. The zero-order chi connectivity index (χ0) is 37.3. The maximum Gasteiger partial charge on any atom is 0.321 e. The fourth-order valence-electron chi connectivity index (χ4n) is 4.74. The van der Waals surface area contributed by atoms with Crippen LogP contribution >= 0.6 is 58.5 Å². The highest BCUT2D eigenvalue weighted by atomic mass is 35.5. The van der Waals surface area contributed by atoms with Gasteiger partial charge in [-0.05, 0) is 99.6 Å². The van der Waals surface area contributed by atoms with Gasteiger partial charge in [0.1, 0.15) is 17.5 Å². The predicted molar refractivity (Wildman–Crippen MR) is 212 cm³/mol. The summed E-state index contributed by atoms with van der Waals surface area (Å²) in [7, 11) is 0. The largest absolute Gasteiger partial charge is 0.465 e. The van der Waals surface area contributed by atoms with Gasteiger partial charge in [-0.3, -0.25) is 9.59 Å². The zero-order valence-electron chi connectivity index (χ0n) is 29.3. The van der Waals surface area contributed by atoms with Crippen LogP contribution in [0, 0.1) is 23.4 Å². The maximum absolute atomic E-state index is 13.2. The molecule has 3 unspecified atom stereocenters. The summed E-state index contributed by atoms with van der Waals surface area (Å²) in [5, 5.41) is 0. The molecule has 3 atom stereocenters. The van der Waals surface area contributed by atoms with Gasteiger partial charge in [-0.1, -0.05) is 50.7 Å². The van der Waals surface area contributed by atoms with Crippen LogP contribution in [-0.4, -0.2) is 61.3 Å². The zero-order valence-corrected chi connectivity index (χ0v) is 33.2. The first-order chi connectivity index (χ1) is 23.1. The molecule has 0 saturated heterocycles. The highest BCUT2D eigenvalue weighted by molar-refractivity contribution is 7.99. The van der Waals surface area contributed by atoms with Gasteiger partial charge in [-0.15, -0.1) is 23.2 Å². The molecule has 0 spiro atoms. The summed E-state index contributed by atoms with van der Waals surface area (Å²) in [5.41, 5.74) is 1.87. The Morgan fingerprint density at radius 1 is 0.680 bits per heavy atom. The van der Waals surface area contributed by atoms with Crippen LogP contribution in [0.4, 0.5) is 13.2 Å². The molecule has 0 N–H and O–H groups in total. The van der Waals surface area contributed by atoms with E-state index in [2.05, 4.69) is 6.92 Å². The van der Waals surface area contributed by atoms with Crippen molar-refractivity contribution in [3.8, 4) is 0 Å². The Hall–Kier alpha value is -1.98. The van der Waals surface area contributed by atoms with Crippen molar-refractivity contribution in [2.75, 3.05) is 49.4 Å². The monoisotopic (exact) mass is 794 g/mol. The van der Waals surface area contributed by atoms with E-state index in [0.29, 0.717) is 17.2 Å². The van der Waals surface area contributed by atoms with Crippen LogP contribution in [0.5, 0.6) is 0 Å². The number of carbonyl (C=O) groups is 2. The van der Waals surface area contributed by atoms with Gasteiger partial charge in [0.2, 0.25) is 0 Å². The number of carbonyl (C=O) groups excluding carboxylic acids is 2. The molecule has 0 aliphatic rings. The lowest BCUT2D eigenvalue weighted by Gasteiger charge is -2.34. The number of alkyl halides is 2. The molecule has 12 heteroatoms. The molecule has 0 radical (unpaired) electrons. The molecule has 0 aliphatic heterocycles. The molecule has 0 bridgehead atoms. The fourth-order valence-corrected chi connectivity index (χ4v) is 7.79. The Labute approximate surface area is 320 Å². The van der Waals surface area contributed by atoms with E-state index in [4.69, 9.17) is 32.7 Å². The normalized spacial score (nSPS) is 14.2. The third kappa shape index (κ3) is 14.6. The molecule has 0 amide bonds. The lowest BCUT2D eigenvalue weighted by molar-refractivity contribution is -0.164. The number of hydrogen-bond donors (Lipinski definition) is 0. The predicted octanol–water partition coefficient (Wildman–Crippen LogP) is 11.1. The number of rotatable bonds is 14. The number of hydrogen-bond acceptors (Lipinski definition) is 7. The van der Waals surface area contributed by atoms with Crippen LogP contribution in [0.2, 0.25) is 0 Å². The third-order valence-electron chi connectivity index (χ3n) is 7.65. The Kier molecular flexibility index (Phi) is 22.6. The summed E-state index contributed by atoms with van der Waals surface area (Å²) in [6.45, 7) is 9.51. The average molecular weight is 796 g/mol. The van der Waals surface area contributed by atoms with Gasteiger partial charge in [0.25, 0.3) is 0 Å². The first kappa shape index (κ1) is 48.0. The van der Waals surface area contributed by atoms with Crippen molar-refractivity contribution in [2.45, 2.75) is 57.1 Å². The Balaban J connectivity index is 0.000000762. The molecule has 3 aromatic carbocycles. The van der Waals surface area contributed by atoms with E-state index in [1.54, 1.807) is 80.7 Å². The van der Waals surface area contributed by atoms with Gasteiger partial charge in [0.15, 0.2) is 5.92 Å². The fraction of sp³-hybridized carbons (Fsp3) is 0.474. The van der Waals surface area contributed by atoms with E-state index < -0.39 is 28.1 Å². The van der Waals surface area contributed by atoms with Crippen LogP contribution in [0.1, 0.15) is 58.7 Å². The average Bonchev–Trinajstić information content (AvgIpc) is 3.06. The minimum atomic E-state index is -1.10. The van der Waals surface area contributed by atoms with Crippen LogP contribution in [-0.2, 0) is 34.1 Å². The molecule has 4 nitrogen and oxygen atoms in total. The van der Waals surface area contributed by atoms with Gasteiger partial charge in [-0.2, -0.15) is 35.3 Å². The second kappa shape index (κ2) is 23.6. The molecule has 280 valence electrons. The molecule has 0 fully saturated rings. The highest BCUT2D eigenvalue weighted by Gasteiger charge is 2.47. The van der Waals surface area contributed by atoms with Crippen molar-refractivity contribution in [3.05, 3.63) is 107 Å². The Morgan fingerprint density at radius 2 is 1.04 bits per heavy atom. The van der Waals surface area contributed by atoms with Crippen LogP contribution in [0.25, 0.3) is 0 Å². The molecular formula is C38H51Cl2F3O4S3. The highest BCUT2D eigenvalue weighted by Crippen LogP contribution is 2.38. The SMILES string of the molecule is C.CCOC(=O)C(C(=O)OCC)C(C)(CSC)c1ccc(F)cc1.CSC(C)(CCl)c1ccc(F)cc1.CSCC(C)(Cl)c1ccc(F)cc1. The maximum atomic E-state index is 13.2.